The number of ether oxygens (including phenoxy) is 1. The van der Waals surface area contributed by atoms with Crippen LogP contribution in [0.3, 0.4) is 0 Å². The molecule has 0 radical (unpaired) electrons. The number of nitrogens with zero attached hydrogens (tertiary/aromatic N) is 4. The molecule has 0 aliphatic carbocycles. The van der Waals surface area contributed by atoms with Crippen LogP contribution >= 0.6 is 18.9 Å². The molecule has 3 fully saturated rings. The number of hydrogen-bond donors (Lipinski definition) is 2. The molecule has 3 aliphatic rings. The first-order valence-electron chi connectivity index (χ1n) is 14.4. The Bertz CT molecular complexity index is 1630. The van der Waals surface area contributed by atoms with Crippen molar-refractivity contribution in [3.05, 3.63) is 47.8 Å². The molecular weight excluding hydrogens is 611 g/mol. The van der Waals surface area contributed by atoms with Crippen LogP contribution in [0.4, 0.5) is 0 Å². The molecule has 0 spiro atoms. The van der Waals surface area contributed by atoms with Crippen LogP contribution in [0.1, 0.15) is 24.1 Å². The van der Waals surface area contributed by atoms with E-state index >= 15 is 0 Å². The summed E-state index contributed by atoms with van der Waals surface area (Å²) >= 11 is 1.07. The van der Waals surface area contributed by atoms with Crippen LogP contribution in [0, 0.1) is 18.3 Å². The summed E-state index contributed by atoms with van der Waals surface area (Å²) in [6.07, 6.45) is 2.20. The van der Waals surface area contributed by atoms with E-state index in [4.69, 9.17) is 20.3 Å². The highest BCUT2D eigenvalue weighted by Gasteiger charge is 2.48. The van der Waals surface area contributed by atoms with E-state index in [0.29, 0.717) is 17.9 Å². The number of hydrogen-bond acceptors (Lipinski definition) is 10. The van der Waals surface area contributed by atoms with Crippen molar-refractivity contribution in [2.45, 2.75) is 24.0 Å². The average molecular weight is 650 g/mol. The maximum Gasteiger partial charge on any atom is 0.250 e. The standard InChI is InChI=1S/C28H38N6O6PS2/c1-22-26-18-24(39-17-3-10-34-14-11-33(12-15-34,13-16-34)9-2-8-29)6-7-27(26)42-28(22)43(37,38)32-21-41(35,36)40-25-5-4-23(19-30)31-20-25/h4-7,18,20,32H,2-3,8-17,21,29H2,1H3/q+1. The second-order valence-corrected chi connectivity index (χ2v) is 16.2. The molecule has 3 aliphatic heterocycles. The summed E-state index contributed by atoms with van der Waals surface area (Å²) in [6.45, 7) is 12.7. The molecule has 3 N–H and O–H groups in total. The normalized spacial score (nSPS) is 23.1. The van der Waals surface area contributed by atoms with Gasteiger partial charge < -0.3 is 28.9 Å². The first-order chi connectivity index (χ1) is 20.5. The smallest absolute Gasteiger partial charge is 0.250 e. The van der Waals surface area contributed by atoms with Crippen LogP contribution in [0.2, 0.25) is 0 Å². The number of benzene rings is 1. The zero-order valence-electron chi connectivity index (χ0n) is 24.2. The minimum Gasteiger partial charge on any atom is -0.768 e. The minimum atomic E-state index is -4.64. The van der Waals surface area contributed by atoms with Crippen molar-refractivity contribution in [3.63, 3.8) is 0 Å². The van der Waals surface area contributed by atoms with Gasteiger partial charge in [-0.25, -0.2) is 18.1 Å². The van der Waals surface area contributed by atoms with Crippen LogP contribution < -0.4 is 24.6 Å². The van der Waals surface area contributed by atoms with E-state index in [1.165, 1.54) is 66.9 Å². The van der Waals surface area contributed by atoms with E-state index in [0.717, 1.165) is 53.6 Å². The number of nitriles is 1. The number of quaternary nitrogens is 2. The minimum absolute atomic E-state index is 0.0339. The molecule has 2 aromatic heterocycles. The van der Waals surface area contributed by atoms with Gasteiger partial charge in [0.1, 0.15) is 66.7 Å². The Hall–Kier alpha value is -2.60. The number of aromatic nitrogens is 1. The van der Waals surface area contributed by atoms with Gasteiger partial charge in [0.05, 0.1) is 32.2 Å². The first kappa shape index (κ1) is 31.8. The Morgan fingerprint density at radius 1 is 1.09 bits per heavy atom. The lowest BCUT2D eigenvalue weighted by Gasteiger charge is -2.55. The molecule has 1 atom stereocenters. The molecule has 2 bridgehead atoms. The Labute approximate surface area is 256 Å². The molecule has 3 aromatic rings. The maximum atomic E-state index is 13.1. The molecule has 43 heavy (non-hydrogen) atoms. The Morgan fingerprint density at radius 3 is 2.35 bits per heavy atom. The highest BCUT2D eigenvalue weighted by molar-refractivity contribution is 7.92. The summed E-state index contributed by atoms with van der Waals surface area (Å²) in [6, 6.07) is 9.91. The predicted octanol–water partition coefficient (Wildman–Crippen LogP) is 2.12. The molecule has 6 rings (SSSR count). The number of thiophene rings is 1. The van der Waals surface area contributed by atoms with Crippen molar-refractivity contribution in [1.29, 1.82) is 5.26 Å². The zero-order valence-corrected chi connectivity index (χ0v) is 26.8. The summed E-state index contributed by atoms with van der Waals surface area (Å²) in [5, 5.41) is 9.56. The van der Waals surface area contributed by atoms with Gasteiger partial charge in [0.15, 0.2) is 7.60 Å². The van der Waals surface area contributed by atoms with Gasteiger partial charge in [-0.2, -0.15) is 5.26 Å². The largest absolute Gasteiger partial charge is 0.768 e. The van der Waals surface area contributed by atoms with Crippen molar-refractivity contribution >= 4 is 39.0 Å². The SMILES string of the molecule is Cc1c(S(=O)(=O)NCP(=O)([O-])Oc2ccc(C#N)nc2)sc2ccc(OCCC[N+]34CC[N+](CCCN)(CC3)CC4)cc12. The quantitative estimate of drug-likeness (QED) is 0.151. The highest BCUT2D eigenvalue weighted by Crippen LogP contribution is 2.39. The van der Waals surface area contributed by atoms with Gasteiger partial charge in [0.25, 0.3) is 10.0 Å². The number of sulfonamides is 1. The monoisotopic (exact) mass is 649 g/mol. The molecule has 232 valence electrons. The van der Waals surface area contributed by atoms with Crippen molar-refractivity contribution in [1.82, 2.24) is 9.71 Å². The fourth-order valence-electron chi connectivity index (χ4n) is 6.08. The van der Waals surface area contributed by atoms with Gasteiger partial charge >= 0.3 is 0 Å². The number of piperazine rings is 3. The second-order valence-electron chi connectivity index (χ2n) is 11.5. The lowest BCUT2D eigenvalue weighted by molar-refractivity contribution is -1.08. The molecule has 1 aromatic carbocycles. The van der Waals surface area contributed by atoms with Crippen LogP contribution in [0.5, 0.6) is 11.5 Å². The van der Waals surface area contributed by atoms with Gasteiger partial charge in [-0.15, -0.1) is 11.3 Å². The van der Waals surface area contributed by atoms with E-state index in [1.54, 1.807) is 6.92 Å². The summed E-state index contributed by atoms with van der Waals surface area (Å²) in [4.78, 5) is 16.2. The van der Waals surface area contributed by atoms with Crippen molar-refractivity contribution in [2.24, 2.45) is 5.73 Å². The number of pyridine rings is 1. The van der Waals surface area contributed by atoms with E-state index in [2.05, 4.69) is 9.71 Å². The van der Waals surface area contributed by atoms with Crippen molar-refractivity contribution < 1.29 is 36.1 Å². The molecule has 1 unspecified atom stereocenters. The summed E-state index contributed by atoms with van der Waals surface area (Å²) in [5.41, 5.74) is 6.37. The fraction of sp³-hybridized carbons (Fsp3) is 0.500. The number of fused-ring (bicyclic) bond motifs is 4. The zero-order chi connectivity index (χ0) is 30.7. The predicted molar refractivity (Wildman–Crippen MR) is 162 cm³/mol. The van der Waals surface area contributed by atoms with Gasteiger partial charge in [0.2, 0.25) is 0 Å². The third-order valence-corrected chi connectivity index (χ3v) is 13.2. The Kier molecular flexibility index (Phi) is 9.46. The van der Waals surface area contributed by atoms with E-state index in [9.17, 15) is 17.9 Å². The average Bonchev–Trinajstić information content (AvgIpc) is 3.35. The lowest BCUT2D eigenvalue weighted by Crippen LogP contribution is -2.75. The Morgan fingerprint density at radius 2 is 1.74 bits per heavy atom. The lowest BCUT2D eigenvalue weighted by atomic mass is 10.1. The molecule has 0 saturated carbocycles. The van der Waals surface area contributed by atoms with Gasteiger partial charge in [-0.1, -0.05) is 0 Å². The van der Waals surface area contributed by atoms with Crippen LogP contribution in [0.15, 0.2) is 40.7 Å². The molecule has 5 heterocycles. The number of nitrogens with two attached hydrogens (primary N) is 1. The summed E-state index contributed by atoms with van der Waals surface area (Å²) in [5.74, 6) is 0.561. The van der Waals surface area contributed by atoms with E-state index in [-0.39, 0.29) is 15.7 Å². The number of rotatable bonds is 14. The Balaban J connectivity index is 1.15. The third-order valence-electron chi connectivity index (χ3n) is 8.68. The molecular formula is C28H38N6O6PS2+. The molecule has 0 amide bonds. The first-order valence-corrected chi connectivity index (χ1v) is 18.4. The summed E-state index contributed by atoms with van der Waals surface area (Å²) < 4.78 is 55.0. The van der Waals surface area contributed by atoms with Gasteiger partial charge in [-0.3, -0.25) is 4.57 Å². The van der Waals surface area contributed by atoms with Crippen LogP contribution in [-0.4, -0.2) is 94.2 Å². The van der Waals surface area contributed by atoms with E-state index in [1.807, 2.05) is 24.3 Å². The maximum absolute atomic E-state index is 13.1. The summed E-state index contributed by atoms with van der Waals surface area (Å²) in [7, 11) is -8.78. The van der Waals surface area contributed by atoms with Crippen molar-refractivity contribution in [2.75, 3.05) is 71.8 Å². The second kappa shape index (κ2) is 12.8. The number of nitrogens with one attached hydrogen (secondary N) is 1. The van der Waals surface area contributed by atoms with Crippen LogP contribution in [0.25, 0.3) is 10.1 Å². The molecule has 12 nitrogen and oxygen atoms in total. The fourth-order valence-corrected chi connectivity index (χ4v) is 10.3. The number of aryl methyl sites for hydroxylation is 1. The van der Waals surface area contributed by atoms with Crippen molar-refractivity contribution in [3.8, 4) is 17.6 Å². The van der Waals surface area contributed by atoms with E-state index < -0.39 is 23.9 Å². The van der Waals surface area contributed by atoms with Crippen LogP contribution in [-0.2, 0) is 14.6 Å². The third kappa shape index (κ3) is 7.38. The highest BCUT2D eigenvalue weighted by atomic mass is 32.2. The topological polar surface area (TPSA) is 167 Å². The van der Waals surface area contributed by atoms with Gasteiger partial charge in [-0.05, 0) is 49.4 Å². The van der Waals surface area contributed by atoms with Gasteiger partial charge in [0, 0.05) is 22.9 Å². The molecule has 15 heteroatoms. The molecule has 3 saturated heterocycles.